The van der Waals surface area contributed by atoms with Gasteiger partial charge in [0.15, 0.2) is 0 Å². The van der Waals surface area contributed by atoms with Crippen LogP contribution in [-0.4, -0.2) is 29.9 Å². The Labute approximate surface area is 172 Å². The fourth-order valence-electron chi connectivity index (χ4n) is 3.40. The summed E-state index contributed by atoms with van der Waals surface area (Å²) in [5.74, 6) is -0.407. The molecule has 1 aliphatic rings. The van der Waals surface area contributed by atoms with Crippen LogP contribution in [-0.2, 0) is 9.59 Å². The number of carbonyl (C=O) groups excluding carboxylic acids is 3. The van der Waals surface area contributed by atoms with Gasteiger partial charge in [0.25, 0.3) is 11.8 Å². The van der Waals surface area contributed by atoms with Crippen molar-refractivity contribution in [1.82, 2.24) is 16.2 Å². The number of carbonyl (C=O) groups is 3. The summed E-state index contributed by atoms with van der Waals surface area (Å²) in [5.41, 5.74) is 5.25. The molecular weight excluding hydrogens is 370 g/mol. The molecule has 0 aromatic heterocycles. The number of hydrogen-bond donors (Lipinski definition) is 3. The van der Waals surface area contributed by atoms with Crippen LogP contribution in [0.2, 0.25) is 0 Å². The van der Waals surface area contributed by atoms with Crippen molar-refractivity contribution in [2.24, 2.45) is 11.8 Å². The number of benzene rings is 1. The average Bonchev–Trinajstić information content (AvgIpc) is 2.70. The zero-order valence-electron chi connectivity index (χ0n) is 17.8. The smallest absolute Gasteiger partial charge is 0.269 e. The molecule has 0 radical (unpaired) electrons. The molecule has 0 saturated heterocycles. The van der Waals surface area contributed by atoms with Gasteiger partial charge in [-0.3, -0.25) is 25.2 Å². The normalized spacial score (nSPS) is 15.7. The predicted octanol–water partition coefficient (Wildman–Crippen LogP) is 2.96. The maximum absolute atomic E-state index is 12.6. The third-order valence-corrected chi connectivity index (χ3v) is 5.01. The number of nitrogens with one attached hydrogen (secondary N) is 3. The van der Waals surface area contributed by atoms with Crippen LogP contribution in [0.15, 0.2) is 24.3 Å². The van der Waals surface area contributed by atoms with E-state index in [0.717, 1.165) is 32.1 Å². The summed E-state index contributed by atoms with van der Waals surface area (Å²) in [5, 5.41) is 2.86. The van der Waals surface area contributed by atoms with Crippen LogP contribution in [0.25, 0.3) is 0 Å². The highest BCUT2D eigenvalue weighted by molar-refractivity contribution is 5.96. The Morgan fingerprint density at radius 3 is 2.10 bits per heavy atom. The minimum absolute atomic E-state index is 0.0287. The number of ether oxygens (including phenoxy) is 1. The first kappa shape index (κ1) is 22.7. The molecule has 1 aliphatic carbocycles. The van der Waals surface area contributed by atoms with Crippen molar-refractivity contribution >= 4 is 17.7 Å². The molecule has 1 saturated carbocycles. The third kappa shape index (κ3) is 7.07. The standard InChI is InChI=1S/C22H33N3O4/c1-14(2)19(23-20(26)16-8-6-5-7-9-16)22(28)25-24-21(27)17-10-12-18(13-11-17)29-15(3)4/h10-16,19H,5-9H2,1-4H3,(H,23,26)(H,24,27)(H,25,28)/t19-/m1/s1. The Hall–Kier alpha value is -2.57. The fraction of sp³-hybridized carbons (Fsp3) is 0.591. The Morgan fingerprint density at radius 1 is 0.931 bits per heavy atom. The lowest BCUT2D eigenvalue weighted by atomic mass is 9.88. The average molecular weight is 404 g/mol. The van der Waals surface area contributed by atoms with Gasteiger partial charge in [0.05, 0.1) is 6.10 Å². The summed E-state index contributed by atoms with van der Waals surface area (Å²) in [6.07, 6.45) is 5.04. The lowest BCUT2D eigenvalue weighted by molar-refractivity contribution is -0.133. The van der Waals surface area contributed by atoms with Crippen molar-refractivity contribution in [2.45, 2.75) is 71.9 Å². The van der Waals surface area contributed by atoms with E-state index < -0.39 is 17.9 Å². The highest BCUT2D eigenvalue weighted by Gasteiger charge is 2.28. The predicted molar refractivity (Wildman–Crippen MR) is 111 cm³/mol. The van der Waals surface area contributed by atoms with E-state index in [1.807, 2.05) is 27.7 Å². The summed E-state index contributed by atoms with van der Waals surface area (Å²) in [7, 11) is 0. The quantitative estimate of drug-likeness (QED) is 0.610. The van der Waals surface area contributed by atoms with Crippen LogP contribution < -0.4 is 20.9 Å². The molecule has 1 fully saturated rings. The van der Waals surface area contributed by atoms with Gasteiger partial charge in [0.2, 0.25) is 5.91 Å². The van der Waals surface area contributed by atoms with Gasteiger partial charge in [-0.05, 0) is 56.9 Å². The van der Waals surface area contributed by atoms with Crippen LogP contribution in [0.1, 0.15) is 70.2 Å². The van der Waals surface area contributed by atoms with Gasteiger partial charge < -0.3 is 10.1 Å². The van der Waals surface area contributed by atoms with Gasteiger partial charge in [-0.15, -0.1) is 0 Å². The molecule has 7 heteroatoms. The molecule has 0 unspecified atom stereocenters. The van der Waals surface area contributed by atoms with E-state index >= 15 is 0 Å². The molecule has 1 aromatic carbocycles. The molecule has 3 amide bonds. The highest BCUT2D eigenvalue weighted by Crippen LogP contribution is 2.24. The van der Waals surface area contributed by atoms with Crippen molar-refractivity contribution in [1.29, 1.82) is 0 Å². The molecule has 1 aromatic rings. The summed E-state index contributed by atoms with van der Waals surface area (Å²) in [6, 6.07) is 5.97. The van der Waals surface area contributed by atoms with E-state index in [2.05, 4.69) is 16.2 Å². The highest BCUT2D eigenvalue weighted by atomic mass is 16.5. The van der Waals surface area contributed by atoms with Crippen LogP contribution in [0.4, 0.5) is 0 Å². The van der Waals surface area contributed by atoms with Crippen molar-refractivity contribution < 1.29 is 19.1 Å². The third-order valence-electron chi connectivity index (χ3n) is 5.01. The van der Waals surface area contributed by atoms with Crippen LogP contribution in [0, 0.1) is 11.8 Å². The molecule has 3 N–H and O–H groups in total. The number of rotatable bonds is 7. The van der Waals surface area contributed by atoms with E-state index in [4.69, 9.17) is 4.74 Å². The second-order valence-electron chi connectivity index (χ2n) is 8.20. The van der Waals surface area contributed by atoms with Crippen LogP contribution >= 0.6 is 0 Å². The molecule has 0 aliphatic heterocycles. The fourth-order valence-corrected chi connectivity index (χ4v) is 3.40. The van der Waals surface area contributed by atoms with Crippen molar-refractivity contribution in [3.8, 4) is 5.75 Å². The SMILES string of the molecule is CC(C)Oc1ccc(C(=O)NNC(=O)[C@H](NC(=O)C2CCCCC2)C(C)C)cc1. The first-order chi connectivity index (χ1) is 13.8. The Balaban J connectivity index is 1.88. The molecule has 29 heavy (non-hydrogen) atoms. The molecule has 0 bridgehead atoms. The molecule has 0 heterocycles. The first-order valence-electron chi connectivity index (χ1n) is 10.4. The van der Waals surface area contributed by atoms with E-state index in [1.165, 1.54) is 0 Å². The number of hydrazine groups is 1. The van der Waals surface area contributed by atoms with Gasteiger partial charge in [-0.1, -0.05) is 33.1 Å². The molecular formula is C22H33N3O4. The maximum Gasteiger partial charge on any atom is 0.269 e. The number of amides is 3. The van der Waals surface area contributed by atoms with E-state index in [-0.39, 0.29) is 23.8 Å². The lowest BCUT2D eigenvalue weighted by Gasteiger charge is -2.26. The van der Waals surface area contributed by atoms with Crippen molar-refractivity contribution in [2.75, 3.05) is 0 Å². The minimum atomic E-state index is -0.702. The summed E-state index contributed by atoms with van der Waals surface area (Å²) < 4.78 is 5.55. The van der Waals surface area contributed by atoms with Crippen molar-refractivity contribution in [3.05, 3.63) is 29.8 Å². The van der Waals surface area contributed by atoms with Crippen LogP contribution in [0.3, 0.4) is 0 Å². The topological polar surface area (TPSA) is 96.5 Å². The van der Waals surface area contributed by atoms with Gasteiger partial charge in [0.1, 0.15) is 11.8 Å². The zero-order valence-corrected chi connectivity index (χ0v) is 17.8. The zero-order chi connectivity index (χ0) is 21.4. The van der Waals surface area contributed by atoms with Gasteiger partial charge in [-0.2, -0.15) is 0 Å². The summed E-state index contributed by atoms with van der Waals surface area (Å²) in [6.45, 7) is 7.57. The van der Waals surface area contributed by atoms with Gasteiger partial charge >= 0.3 is 0 Å². The molecule has 1 atom stereocenters. The van der Waals surface area contributed by atoms with E-state index in [0.29, 0.717) is 11.3 Å². The summed E-state index contributed by atoms with van der Waals surface area (Å²) in [4.78, 5) is 37.3. The largest absolute Gasteiger partial charge is 0.491 e. The molecule has 2 rings (SSSR count). The minimum Gasteiger partial charge on any atom is -0.491 e. The molecule has 160 valence electrons. The molecule has 0 spiro atoms. The van der Waals surface area contributed by atoms with E-state index in [1.54, 1.807) is 24.3 Å². The Kier molecular flexibility index (Phi) is 8.49. The Morgan fingerprint density at radius 2 is 1.55 bits per heavy atom. The second kappa shape index (κ2) is 10.8. The lowest BCUT2D eigenvalue weighted by Crippen LogP contribution is -2.55. The first-order valence-corrected chi connectivity index (χ1v) is 10.4. The Bertz CT molecular complexity index is 695. The molecule has 7 nitrogen and oxygen atoms in total. The van der Waals surface area contributed by atoms with Gasteiger partial charge in [0, 0.05) is 11.5 Å². The number of hydrogen-bond acceptors (Lipinski definition) is 4. The van der Waals surface area contributed by atoms with Crippen LogP contribution in [0.5, 0.6) is 5.75 Å². The van der Waals surface area contributed by atoms with Gasteiger partial charge in [-0.25, -0.2) is 0 Å². The second-order valence-corrected chi connectivity index (χ2v) is 8.20. The monoisotopic (exact) mass is 403 g/mol. The summed E-state index contributed by atoms with van der Waals surface area (Å²) >= 11 is 0. The maximum atomic E-state index is 12.6. The van der Waals surface area contributed by atoms with E-state index in [9.17, 15) is 14.4 Å². The van der Waals surface area contributed by atoms with Crippen molar-refractivity contribution in [3.63, 3.8) is 0 Å².